The first kappa shape index (κ1) is 13.8. The van der Waals surface area contributed by atoms with Crippen LogP contribution in [0, 0.1) is 12.7 Å². The normalized spacial score (nSPS) is 12.4. The summed E-state index contributed by atoms with van der Waals surface area (Å²) in [5.41, 5.74) is 3.53. The Balaban J connectivity index is 2.06. The summed E-state index contributed by atoms with van der Waals surface area (Å²) in [5.74, 6) is -0.152. The minimum absolute atomic E-state index is 0.152. The number of hydrogen-bond acceptors (Lipinski definition) is 1. The maximum Gasteiger partial charge on any atom is 0.123 e. The van der Waals surface area contributed by atoms with E-state index in [1.807, 2.05) is 38.2 Å². The molecule has 0 aliphatic carbocycles. The van der Waals surface area contributed by atoms with Gasteiger partial charge in [-0.25, -0.2) is 4.39 Å². The van der Waals surface area contributed by atoms with Crippen LogP contribution >= 0.6 is 0 Å². The van der Waals surface area contributed by atoms with Crippen molar-refractivity contribution in [2.24, 2.45) is 0 Å². The summed E-state index contributed by atoms with van der Waals surface area (Å²) >= 11 is 0. The van der Waals surface area contributed by atoms with Crippen LogP contribution in [0.2, 0.25) is 0 Å². The monoisotopic (exact) mass is 257 g/mol. The third-order valence-corrected chi connectivity index (χ3v) is 3.56. The highest BCUT2D eigenvalue weighted by Gasteiger charge is 2.10. The molecule has 0 heterocycles. The average molecular weight is 257 g/mol. The van der Waals surface area contributed by atoms with Crippen LogP contribution in [0.15, 0.2) is 48.5 Å². The van der Waals surface area contributed by atoms with E-state index in [-0.39, 0.29) is 5.82 Å². The van der Waals surface area contributed by atoms with E-state index in [0.717, 1.165) is 24.0 Å². The third-order valence-electron chi connectivity index (χ3n) is 3.56. The Kier molecular flexibility index (Phi) is 4.69. The van der Waals surface area contributed by atoms with E-state index in [0.29, 0.717) is 6.04 Å². The largest absolute Gasteiger partial charge is 0.313 e. The van der Waals surface area contributed by atoms with Crippen LogP contribution in [0.3, 0.4) is 0 Å². The molecule has 0 aliphatic rings. The van der Waals surface area contributed by atoms with E-state index in [1.165, 1.54) is 11.6 Å². The molecule has 0 saturated carbocycles. The Labute approximate surface area is 114 Å². The molecule has 0 bridgehead atoms. The first-order valence-electron chi connectivity index (χ1n) is 6.68. The smallest absolute Gasteiger partial charge is 0.123 e. The summed E-state index contributed by atoms with van der Waals surface area (Å²) in [4.78, 5) is 0. The van der Waals surface area contributed by atoms with Gasteiger partial charge < -0.3 is 5.32 Å². The quantitative estimate of drug-likeness (QED) is 0.852. The van der Waals surface area contributed by atoms with Gasteiger partial charge in [0, 0.05) is 6.04 Å². The highest BCUT2D eigenvalue weighted by Crippen LogP contribution is 2.20. The number of hydrogen-bond donors (Lipinski definition) is 1. The molecule has 1 atom stereocenters. The fraction of sp³-hybridized carbons (Fsp3) is 0.294. The van der Waals surface area contributed by atoms with E-state index in [2.05, 4.69) is 17.4 Å². The van der Waals surface area contributed by atoms with Gasteiger partial charge in [0.05, 0.1) is 0 Å². The summed E-state index contributed by atoms with van der Waals surface area (Å²) in [6.45, 7) is 2.03. The molecule has 0 saturated heterocycles. The molecular weight excluding hydrogens is 237 g/mol. The number of rotatable bonds is 5. The fourth-order valence-corrected chi connectivity index (χ4v) is 2.37. The first-order valence-corrected chi connectivity index (χ1v) is 6.68. The van der Waals surface area contributed by atoms with Gasteiger partial charge in [0.25, 0.3) is 0 Å². The molecule has 1 N–H and O–H groups in total. The van der Waals surface area contributed by atoms with E-state index in [4.69, 9.17) is 0 Å². The number of halogens is 1. The van der Waals surface area contributed by atoms with Crippen LogP contribution in [0.25, 0.3) is 0 Å². The van der Waals surface area contributed by atoms with Gasteiger partial charge in [-0.2, -0.15) is 0 Å². The molecule has 2 aromatic rings. The maximum atomic E-state index is 13.3. The van der Waals surface area contributed by atoms with Crippen LogP contribution in [0.4, 0.5) is 4.39 Å². The number of aryl methyl sites for hydroxylation is 2. The van der Waals surface area contributed by atoms with Crippen molar-refractivity contribution >= 4 is 0 Å². The molecule has 0 aliphatic heterocycles. The van der Waals surface area contributed by atoms with Gasteiger partial charge in [-0.3, -0.25) is 0 Å². The van der Waals surface area contributed by atoms with Crippen LogP contribution in [0.5, 0.6) is 0 Å². The summed E-state index contributed by atoms with van der Waals surface area (Å²) < 4.78 is 13.3. The van der Waals surface area contributed by atoms with Gasteiger partial charge in [0.1, 0.15) is 5.82 Å². The molecule has 0 spiro atoms. The third kappa shape index (κ3) is 3.65. The first-order chi connectivity index (χ1) is 9.20. The lowest BCUT2D eigenvalue weighted by atomic mass is 9.97. The minimum atomic E-state index is -0.152. The second-order valence-corrected chi connectivity index (χ2v) is 4.86. The molecule has 100 valence electrons. The van der Waals surface area contributed by atoms with Gasteiger partial charge in [0.2, 0.25) is 0 Å². The predicted molar refractivity (Wildman–Crippen MR) is 77.7 cm³/mol. The van der Waals surface area contributed by atoms with Crippen molar-refractivity contribution in [3.63, 3.8) is 0 Å². The molecule has 2 rings (SSSR count). The number of nitrogens with one attached hydrogen (secondary N) is 1. The zero-order chi connectivity index (χ0) is 13.7. The van der Waals surface area contributed by atoms with Gasteiger partial charge in [-0.05, 0) is 55.6 Å². The van der Waals surface area contributed by atoms with E-state index < -0.39 is 0 Å². The van der Waals surface area contributed by atoms with E-state index in [9.17, 15) is 4.39 Å². The highest BCUT2D eigenvalue weighted by atomic mass is 19.1. The zero-order valence-corrected chi connectivity index (χ0v) is 11.5. The molecule has 1 nitrogen and oxygen atoms in total. The lowest BCUT2D eigenvalue weighted by Crippen LogP contribution is -2.17. The topological polar surface area (TPSA) is 12.0 Å². The van der Waals surface area contributed by atoms with Gasteiger partial charge in [0.15, 0.2) is 0 Å². The Morgan fingerprint density at radius 1 is 1.11 bits per heavy atom. The van der Waals surface area contributed by atoms with Crippen molar-refractivity contribution < 1.29 is 4.39 Å². The van der Waals surface area contributed by atoms with Crippen molar-refractivity contribution in [3.8, 4) is 0 Å². The molecule has 0 radical (unpaired) electrons. The predicted octanol–water partition coefficient (Wildman–Crippen LogP) is 4.03. The zero-order valence-electron chi connectivity index (χ0n) is 11.5. The van der Waals surface area contributed by atoms with Crippen molar-refractivity contribution in [2.75, 3.05) is 7.05 Å². The average Bonchev–Trinajstić information content (AvgIpc) is 2.44. The standard InChI is InChI=1S/C17H20FN/c1-13-8-10-16(18)12-15(13)9-11-17(19-2)14-6-4-3-5-7-14/h3-8,10,12,17,19H,9,11H2,1-2H3. The second kappa shape index (κ2) is 6.48. The van der Waals surface area contributed by atoms with Crippen molar-refractivity contribution in [3.05, 3.63) is 71.0 Å². The molecule has 19 heavy (non-hydrogen) atoms. The maximum absolute atomic E-state index is 13.3. The fourth-order valence-electron chi connectivity index (χ4n) is 2.37. The Hall–Kier alpha value is -1.67. The minimum Gasteiger partial charge on any atom is -0.313 e. The van der Waals surface area contributed by atoms with Crippen molar-refractivity contribution in [1.29, 1.82) is 0 Å². The van der Waals surface area contributed by atoms with E-state index in [1.54, 1.807) is 6.07 Å². The molecule has 0 fully saturated rings. The Bertz CT molecular complexity index is 522. The van der Waals surface area contributed by atoms with Crippen LogP contribution in [-0.2, 0) is 6.42 Å². The molecule has 0 aromatic heterocycles. The van der Waals surface area contributed by atoms with Gasteiger partial charge in [-0.1, -0.05) is 36.4 Å². The van der Waals surface area contributed by atoms with Crippen molar-refractivity contribution in [1.82, 2.24) is 5.32 Å². The SMILES string of the molecule is CNC(CCc1cc(F)ccc1C)c1ccccc1. The lowest BCUT2D eigenvalue weighted by Gasteiger charge is -2.17. The lowest BCUT2D eigenvalue weighted by molar-refractivity contribution is 0.546. The summed E-state index contributed by atoms with van der Waals surface area (Å²) in [5, 5.41) is 3.33. The van der Waals surface area contributed by atoms with Gasteiger partial charge >= 0.3 is 0 Å². The van der Waals surface area contributed by atoms with Gasteiger partial charge in [-0.15, -0.1) is 0 Å². The summed E-state index contributed by atoms with van der Waals surface area (Å²) in [6, 6.07) is 15.7. The Morgan fingerprint density at radius 3 is 2.53 bits per heavy atom. The van der Waals surface area contributed by atoms with Crippen molar-refractivity contribution in [2.45, 2.75) is 25.8 Å². The molecule has 2 heteroatoms. The van der Waals surface area contributed by atoms with E-state index >= 15 is 0 Å². The molecular formula is C17H20FN. The Morgan fingerprint density at radius 2 is 1.84 bits per heavy atom. The second-order valence-electron chi connectivity index (χ2n) is 4.86. The molecule has 1 unspecified atom stereocenters. The van der Waals surface area contributed by atoms with Crippen LogP contribution < -0.4 is 5.32 Å². The summed E-state index contributed by atoms with van der Waals surface area (Å²) in [6.07, 6.45) is 1.84. The molecule has 2 aromatic carbocycles. The van der Waals surface area contributed by atoms with Crippen LogP contribution in [0.1, 0.15) is 29.2 Å². The highest BCUT2D eigenvalue weighted by molar-refractivity contribution is 5.27. The number of benzene rings is 2. The molecule has 0 amide bonds. The summed E-state index contributed by atoms with van der Waals surface area (Å²) in [7, 11) is 1.97. The van der Waals surface area contributed by atoms with Crippen LogP contribution in [-0.4, -0.2) is 7.05 Å².